The average molecular weight is 279 g/mol. The van der Waals surface area contributed by atoms with Crippen molar-refractivity contribution in [1.82, 2.24) is 5.32 Å². The van der Waals surface area contributed by atoms with E-state index < -0.39 is 0 Å². The third-order valence-electron chi connectivity index (χ3n) is 4.28. The highest BCUT2D eigenvalue weighted by molar-refractivity contribution is 5.33. The lowest BCUT2D eigenvalue weighted by molar-refractivity contribution is 0.0548. The fraction of sp³-hybridized carbons (Fsp3) is 0.625. The number of aliphatic hydroxyl groups is 2. The first-order valence-electron chi connectivity index (χ1n) is 7.38. The number of hydrogen-bond donors (Lipinski definition) is 3. The molecule has 0 aliphatic heterocycles. The summed E-state index contributed by atoms with van der Waals surface area (Å²) in [7, 11) is 1.90. The van der Waals surface area contributed by atoms with Crippen molar-refractivity contribution in [3.05, 3.63) is 29.8 Å². The van der Waals surface area contributed by atoms with E-state index in [4.69, 9.17) is 9.84 Å². The summed E-state index contributed by atoms with van der Waals surface area (Å²) in [6.45, 7) is 0.268. The first-order chi connectivity index (χ1) is 9.73. The quantitative estimate of drug-likeness (QED) is 0.738. The highest BCUT2D eigenvalue weighted by atomic mass is 16.5. The molecule has 1 fully saturated rings. The standard InChI is InChI=1S/C16H25NO3/c1-17-16(12-19)9-4-6-14(11-16)20-15-7-3-2-5-13(15)8-10-18/h2-3,5,7,14,17-19H,4,6,8-12H2,1H3. The second-order valence-corrected chi connectivity index (χ2v) is 5.61. The van der Waals surface area contributed by atoms with Crippen molar-refractivity contribution in [3.8, 4) is 5.75 Å². The van der Waals surface area contributed by atoms with Crippen LogP contribution < -0.4 is 10.1 Å². The first-order valence-corrected chi connectivity index (χ1v) is 7.38. The number of likely N-dealkylation sites (N-methyl/N-ethyl adjacent to an activating group) is 1. The predicted molar refractivity (Wildman–Crippen MR) is 79.0 cm³/mol. The molecule has 1 aromatic carbocycles. The number of ether oxygens (including phenoxy) is 1. The summed E-state index contributed by atoms with van der Waals surface area (Å²) in [4.78, 5) is 0. The van der Waals surface area contributed by atoms with Gasteiger partial charge < -0.3 is 20.3 Å². The largest absolute Gasteiger partial charge is 0.490 e. The van der Waals surface area contributed by atoms with Gasteiger partial charge in [-0.15, -0.1) is 0 Å². The molecule has 0 saturated heterocycles. The fourth-order valence-corrected chi connectivity index (χ4v) is 2.98. The lowest BCUT2D eigenvalue weighted by Crippen LogP contribution is -2.52. The third kappa shape index (κ3) is 3.51. The summed E-state index contributed by atoms with van der Waals surface area (Å²) < 4.78 is 6.14. The van der Waals surface area contributed by atoms with Crippen molar-refractivity contribution in [1.29, 1.82) is 0 Å². The molecule has 3 N–H and O–H groups in total. The third-order valence-corrected chi connectivity index (χ3v) is 4.28. The van der Waals surface area contributed by atoms with E-state index in [1.54, 1.807) is 0 Å². The van der Waals surface area contributed by atoms with Crippen LogP contribution in [0.5, 0.6) is 5.75 Å². The van der Waals surface area contributed by atoms with E-state index in [-0.39, 0.29) is 24.9 Å². The monoisotopic (exact) mass is 279 g/mol. The molecule has 4 nitrogen and oxygen atoms in total. The maximum absolute atomic E-state index is 9.61. The zero-order valence-corrected chi connectivity index (χ0v) is 12.1. The Hall–Kier alpha value is -1.10. The number of aliphatic hydroxyl groups excluding tert-OH is 2. The van der Waals surface area contributed by atoms with Crippen molar-refractivity contribution in [2.75, 3.05) is 20.3 Å². The maximum atomic E-state index is 9.61. The highest BCUT2D eigenvalue weighted by Gasteiger charge is 2.35. The Morgan fingerprint density at radius 3 is 2.85 bits per heavy atom. The summed E-state index contributed by atoms with van der Waals surface area (Å²) in [6, 6.07) is 7.87. The van der Waals surface area contributed by atoms with Gasteiger partial charge in [-0.1, -0.05) is 18.2 Å². The molecule has 1 aliphatic carbocycles. The number of nitrogens with one attached hydrogen (secondary N) is 1. The van der Waals surface area contributed by atoms with E-state index in [1.165, 1.54) is 0 Å². The average Bonchev–Trinajstić information content (AvgIpc) is 2.50. The van der Waals surface area contributed by atoms with E-state index in [0.717, 1.165) is 37.0 Å². The van der Waals surface area contributed by atoms with Crippen LogP contribution in [0.25, 0.3) is 0 Å². The van der Waals surface area contributed by atoms with Crippen molar-refractivity contribution in [3.63, 3.8) is 0 Å². The predicted octanol–water partition coefficient (Wildman–Crippen LogP) is 1.49. The van der Waals surface area contributed by atoms with E-state index in [1.807, 2.05) is 31.3 Å². The number of para-hydroxylation sites is 1. The minimum atomic E-state index is -0.213. The molecule has 112 valence electrons. The van der Waals surface area contributed by atoms with Crippen molar-refractivity contribution in [2.45, 2.75) is 43.7 Å². The van der Waals surface area contributed by atoms with Crippen molar-refractivity contribution >= 4 is 0 Å². The Morgan fingerprint density at radius 1 is 1.35 bits per heavy atom. The van der Waals surface area contributed by atoms with Crippen LogP contribution in [-0.2, 0) is 6.42 Å². The lowest BCUT2D eigenvalue weighted by Gasteiger charge is -2.39. The van der Waals surface area contributed by atoms with Gasteiger partial charge >= 0.3 is 0 Å². The Bertz CT molecular complexity index is 418. The molecule has 0 radical (unpaired) electrons. The Kier molecular flexibility index (Phi) is 5.40. The van der Waals surface area contributed by atoms with Crippen molar-refractivity contribution < 1.29 is 14.9 Å². The van der Waals surface area contributed by atoms with Crippen LogP contribution in [0.4, 0.5) is 0 Å². The minimum Gasteiger partial charge on any atom is -0.490 e. The van der Waals surface area contributed by atoms with Crippen LogP contribution >= 0.6 is 0 Å². The highest BCUT2D eigenvalue weighted by Crippen LogP contribution is 2.31. The van der Waals surface area contributed by atoms with Gasteiger partial charge in [0, 0.05) is 18.6 Å². The van der Waals surface area contributed by atoms with Gasteiger partial charge in [0.25, 0.3) is 0 Å². The Balaban J connectivity index is 2.06. The van der Waals surface area contributed by atoms with Gasteiger partial charge in [-0.25, -0.2) is 0 Å². The normalized spacial score (nSPS) is 26.4. The molecule has 4 heteroatoms. The molecular weight excluding hydrogens is 254 g/mol. The van der Waals surface area contributed by atoms with Crippen LogP contribution in [0.15, 0.2) is 24.3 Å². The molecule has 2 unspecified atom stereocenters. The molecule has 0 bridgehead atoms. The molecule has 1 aromatic rings. The SMILES string of the molecule is CNC1(CO)CCCC(Oc2ccccc2CCO)C1. The second kappa shape index (κ2) is 7.07. The Morgan fingerprint density at radius 2 is 2.15 bits per heavy atom. The van der Waals surface area contributed by atoms with Gasteiger partial charge in [-0.05, 0) is 44.4 Å². The molecule has 1 aliphatic rings. The Labute approximate surface area is 120 Å². The second-order valence-electron chi connectivity index (χ2n) is 5.61. The summed E-state index contributed by atoms with van der Waals surface area (Å²) in [5.74, 6) is 0.858. The summed E-state index contributed by atoms with van der Waals surface area (Å²) in [5.41, 5.74) is 0.828. The number of rotatable bonds is 6. The van der Waals surface area contributed by atoms with E-state index in [2.05, 4.69) is 5.32 Å². The number of benzene rings is 1. The molecule has 2 atom stereocenters. The summed E-state index contributed by atoms with van der Waals surface area (Å²) in [5, 5.41) is 22.0. The molecule has 0 spiro atoms. The zero-order valence-electron chi connectivity index (χ0n) is 12.1. The van der Waals surface area contributed by atoms with Crippen LogP contribution in [0.3, 0.4) is 0 Å². The van der Waals surface area contributed by atoms with Crippen LogP contribution in [-0.4, -0.2) is 42.1 Å². The smallest absolute Gasteiger partial charge is 0.122 e. The van der Waals surface area contributed by atoms with Crippen molar-refractivity contribution in [2.24, 2.45) is 0 Å². The fourth-order valence-electron chi connectivity index (χ4n) is 2.98. The van der Waals surface area contributed by atoms with Crippen LogP contribution in [0.1, 0.15) is 31.2 Å². The van der Waals surface area contributed by atoms with Gasteiger partial charge in [-0.2, -0.15) is 0 Å². The van der Waals surface area contributed by atoms with E-state index >= 15 is 0 Å². The topological polar surface area (TPSA) is 61.7 Å². The molecule has 20 heavy (non-hydrogen) atoms. The van der Waals surface area contributed by atoms with Crippen LogP contribution in [0, 0.1) is 0 Å². The molecule has 1 saturated carbocycles. The number of hydrogen-bond acceptors (Lipinski definition) is 4. The molecule has 0 aromatic heterocycles. The molecule has 0 heterocycles. The van der Waals surface area contributed by atoms with Gasteiger partial charge in [0.2, 0.25) is 0 Å². The molecule has 0 amide bonds. The summed E-state index contributed by atoms with van der Waals surface area (Å²) in [6.07, 6.45) is 4.58. The van der Waals surface area contributed by atoms with Gasteiger partial charge in [0.05, 0.1) is 6.61 Å². The van der Waals surface area contributed by atoms with E-state index in [0.29, 0.717) is 6.42 Å². The van der Waals surface area contributed by atoms with Gasteiger partial charge in [-0.3, -0.25) is 0 Å². The summed E-state index contributed by atoms with van der Waals surface area (Å²) >= 11 is 0. The first kappa shape index (κ1) is 15.3. The minimum absolute atomic E-state index is 0.114. The zero-order chi connectivity index (χ0) is 14.4. The van der Waals surface area contributed by atoms with Crippen LogP contribution in [0.2, 0.25) is 0 Å². The molecule has 2 rings (SSSR count). The van der Waals surface area contributed by atoms with E-state index in [9.17, 15) is 5.11 Å². The maximum Gasteiger partial charge on any atom is 0.122 e. The van der Waals surface area contributed by atoms with Gasteiger partial charge in [0.15, 0.2) is 0 Å². The lowest BCUT2D eigenvalue weighted by atomic mass is 9.80. The van der Waals surface area contributed by atoms with Gasteiger partial charge in [0.1, 0.15) is 11.9 Å². The molecular formula is C16H25NO3.